The number of fused-ring (bicyclic) bond motifs is 5. The first-order valence-corrected chi connectivity index (χ1v) is 18.6. The zero-order valence-corrected chi connectivity index (χ0v) is 27.7. The monoisotopic (exact) mass is 611 g/mol. The summed E-state index contributed by atoms with van der Waals surface area (Å²) in [4.78, 5) is 12.5. The number of hydrogen-bond acceptors (Lipinski definition) is 7. The Kier molecular flexibility index (Phi) is 12.0. The fourth-order valence-corrected chi connectivity index (χ4v) is 10.9. The Morgan fingerprint density at radius 1 is 0.952 bits per heavy atom. The molecule has 4 aliphatic carbocycles. The van der Waals surface area contributed by atoms with Gasteiger partial charge in [0.2, 0.25) is 0 Å². The van der Waals surface area contributed by atoms with E-state index >= 15 is 0 Å². The normalized spacial score (nSPS) is 37.9. The maximum absolute atomic E-state index is 12.5. The molecule has 10 atom stereocenters. The first kappa shape index (κ1) is 34.3. The summed E-state index contributed by atoms with van der Waals surface area (Å²) in [6, 6.07) is 0.677. The average Bonchev–Trinajstić information content (AvgIpc) is 3.29. The molecule has 42 heavy (non-hydrogen) atoms. The Morgan fingerprint density at radius 3 is 2.40 bits per heavy atom. The highest BCUT2D eigenvalue weighted by atomic mass is 32.3. The molecule has 0 heterocycles. The maximum atomic E-state index is 12.5. The minimum absolute atomic E-state index is 0.255. The van der Waals surface area contributed by atoms with Crippen molar-refractivity contribution in [1.29, 1.82) is 0 Å². The van der Waals surface area contributed by atoms with Gasteiger partial charge in [-0.15, -0.1) is 0 Å². The highest BCUT2D eigenvalue weighted by Crippen LogP contribution is 2.68. The molecule has 5 N–H and O–H groups in total. The van der Waals surface area contributed by atoms with Crippen LogP contribution in [-0.2, 0) is 19.4 Å². The van der Waals surface area contributed by atoms with E-state index in [1.54, 1.807) is 0 Å². The predicted octanol–water partition coefficient (Wildman–Crippen LogP) is 5.52. The minimum atomic E-state index is -4.62. The first-order valence-electron chi connectivity index (χ1n) is 17.2. The predicted molar refractivity (Wildman–Crippen MR) is 168 cm³/mol. The first-order chi connectivity index (χ1) is 19.9. The van der Waals surface area contributed by atoms with Crippen molar-refractivity contribution < 1.29 is 21.9 Å². The van der Waals surface area contributed by atoms with E-state index in [-0.39, 0.29) is 5.78 Å². The second-order valence-electron chi connectivity index (χ2n) is 15.1. The molecule has 0 aromatic carbocycles. The van der Waals surface area contributed by atoms with Crippen LogP contribution in [0.15, 0.2) is 0 Å². The SMILES string of the molecule is CC(OS(=O)(=O)O)C(=O)CCC(C)C1CCC2C3CC[C@H]4CC(NCCCNCCCCN)CCC4(C)C3CCC12C. The fraction of sp³-hybridized carbons (Fsp3) is 0.970. The zero-order valence-electron chi connectivity index (χ0n) is 26.9. The third-order valence-electron chi connectivity index (χ3n) is 12.8. The molecule has 0 bridgehead atoms. The van der Waals surface area contributed by atoms with E-state index < -0.39 is 16.5 Å². The van der Waals surface area contributed by atoms with Crippen LogP contribution in [0.2, 0.25) is 0 Å². The molecule has 9 heteroatoms. The molecular formula is C33H61N3O5S. The van der Waals surface area contributed by atoms with Gasteiger partial charge in [-0.05, 0) is 163 Å². The quantitative estimate of drug-likeness (QED) is 0.133. The van der Waals surface area contributed by atoms with E-state index in [0.717, 1.165) is 62.7 Å². The van der Waals surface area contributed by atoms with Gasteiger partial charge in [-0.1, -0.05) is 20.8 Å². The number of nitrogens with one attached hydrogen (secondary N) is 2. The molecule has 0 aromatic heterocycles. The third kappa shape index (κ3) is 7.97. The molecular weight excluding hydrogens is 550 g/mol. The lowest BCUT2D eigenvalue weighted by molar-refractivity contribution is -0.126. The highest BCUT2D eigenvalue weighted by Gasteiger charge is 2.60. The number of ketones is 1. The van der Waals surface area contributed by atoms with Crippen molar-refractivity contribution in [1.82, 2.24) is 10.6 Å². The van der Waals surface area contributed by atoms with Crippen molar-refractivity contribution in [3.63, 3.8) is 0 Å². The highest BCUT2D eigenvalue weighted by molar-refractivity contribution is 7.80. The van der Waals surface area contributed by atoms with Gasteiger partial charge in [0.15, 0.2) is 5.78 Å². The van der Waals surface area contributed by atoms with Crippen molar-refractivity contribution in [2.45, 2.75) is 130 Å². The minimum Gasteiger partial charge on any atom is -0.330 e. The number of unbranched alkanes of at least 4 members (excludes halogenated alkanes) is 1. The van der Waals surface area contributed by atoms with Gasteiger partial charge in [0.1, 0.15) is 6.10 Å². The number of rotatable bonds is 16. The molecule has 4 aliphatic rings. The fourth-order valence-electron chi connectivity index (χ4n) is 10.5. The molecule has 4 saturated carbocycles. The molecule has 244 valence electrons. The van der Waals surface area contributed by atoms with E-state index in [9.17, 15) is 13.2 Å². The Bertz CT molecular complexity index is 994. The second-order valence-corrected chi connectivity index (χ2v) is 16.1. The molecule has 0 saturated heterocycles. The van der Waals surface area contributed by atoms with Crippen LogP contribution < -0.4 is 16.4 Å². The average molecular weight is 612 g/mol. The zero-order chi connectivity index (χ0) is 30.5. The summed E-state index contributed by atoms with van der Waals surface area (Å²) < 4.78 is 35.4. The van der Waals surface area contributed by atoms with E-state index in [0.29, 0.717) is 35.1 Å². The largest absolute Gasteiger partial charge is 0.398 e. The molecule has 0 aromatic rings. The van der Waals surface area contributed by atoms with Crippen LogP contribution in [0.1, 0.15) is 118 Å². The summed E-state index contributed by atoms with van der Waals surface area (Å²) in [5, 5.41) is 7.46. The molecule has 0 spiro atoms. The molecule has 8 nitrogen and oxygen atoms in total. The van der Waals surface area contributed by atoms with Crippen molar-refractivity contribution in [2.24, 2.45) is 52.1 Å². The summed E-state index contributed by atoms with van der Waals surface area (Å²) >= 11 is 0. The maximum Gasteiger partial charge on any atom is 0.398 e. The van der Waals surface area contributed by atoms with Crippen molar-refractivity contribution in [3.8, 4) is 0 Å². The smallest absolute Gasteiger partial charge is 0.330 e. The third-order valence-corrected chi connectivity index (χ3v) is 13.3. The van der Waals surface area contributed by atoms with Crippen molar-refractivity contribution in [2.75, 3.05) is 26.2 Å². The lowest BCUT2D eigenvalue weighted by atomic mass is 9.44. The van der Waals surface area contributed by atoms with Crippen LogP contribution >= 0.6 is 0 Å². The van der Waals surface area contributed by atoms with Crippen LogP contribution in [0.25, 0.3) is 0 Å². The van der Waals surface area contributed by atoms with Crippen molar-refractivity contribution >= 4 is 16.2 Å². The van der Waals surface area contributed by atoms with Crippen LogP contribution in [0, 0.1) is 46.3 Å². The molecule has 0 aliphatic heterocycles. The van der Waals surface area contributed by atoms with Gasteiger partial charge in [-0.3, -0.25) is 9.35 Å². The Balaban J connectivity index is 1.26. The lowest BCUT2D eigenvalue weighted by Gasteiger charge is -2.61. The molecule has 0 amide bonds. The van der Waals surface area contributed by atoms with Crippen LogP contribution in [0.5, 0.6) is 0 Å². The Morgan fingerprint density at radius 2 is 1.67 bits per heavy atom. The van der Waals surface area contributed by atoms with E-state index in [1.807, 2.05) is 0 Å². The van der Waals surface area contributed by atoms with E-state index in [2.05, 4.69) is 35.6 Å². The van der Waals surface area contributed by atoms with Gasteiger partial charge in [0.05, 0.1) is 0 Å². The number of carbonyl (C=O) groups excluding carboxylic acids is 1. The summed E-state index contributed by atoms with van der Waals surface area (Å²) in [5.41, 5.74) is 6.39. The summed E-state index contributed by atoms with van der Waals surface area (Å²) in [7, 11) is -4.62. The van der Waals surface area contributed by atoms with Crippen LogP contribution in [-0.4, -0.2) is 57.1 Å². The number of Topliss-reactive ketones (excluding diaryl/α,β-unsaturated/α-hetero) is 1. The van der Waals surface area contributed by atoms with E-state index in [1.165, 1.54) is 77.6 Å². The standard InChI is InChI=1S/C33H61N3O5S/c1-23(8-13-31(37)24(2)41-42(38,39)40)28-11-12-29-27-10-9-25-22-26(36-21-7-20-35-19-6-5-18-34)14-16-32(25,3)30(27)15-17-33(28,29)4/h23-30,35-36H,5-22,34H2,1-4H3,(H,38,39,40)/t23?,24?,25-,26?,27?,28?,29?,30?,32?,33?/m0/s1. The molecule has 9 unspecified atom stereocenters. The van der Waals surface area contributed by atoms with E-state index in [4.69, 9.17) is 10.3 Å². The van der Waals surface area contributed by atoms with Gasteiger partial charge in [0, 0.05) is 12.5 Å². The number of carbonyl (C=O) groups is 1. The van der Waals surface area contributed by atoms with Crippen LogP contribution in [0.3, 0.4) is 0 Å². The Labute approximate surface area is 256 Å². The van der Waals surface area contributed by atoms with Gasteiger partial charge < -0.3 is 16.4 Å². The lowest BCUT2D eigenvalue weighted by Crippen LogP contribution is -2.55. The molecule has 0 radical (unpaired) electrons. The van der Waals surface area contributed by atoms with Gasteiger partial charge >= 0.3 is 10.4 Å². The number of nitrogens with two attached hydrogens (primary N) is 1. The summed E-state index contributed by atoms with van der Waals surface area (Å²) in [5.74, 6) is 4.07. The summed E-state index contributed by atoms with van der Waals surface area (Å²) in [6.07, 6.45) is 15.4. The van der Waals surface area contributed by atoms with Gasteiger partial charge in [-0.2, -0.15) is 8.42 Å². The number of hydrogen-bond donors (Lipinski definition) is 4. The van der Waals surface area contributed by atoms with Crippen molar-refractivity contribution in [3.05, 3.63) is 0 Å². The van der Waals surface area contributed by atoms with Gasteiger partial charge in [-0.25, -0.2) is 4.18 Å². The molecule has 4 rings (SSSR count). The second kappa shape index (κ2) is 14.7. The topological polar surface area (TPSA) is 131 Å². The summed E-state index contributed by atoms with van der Waals surface area (Å²) in [6.45, 7) is 13.0. The van der Waals surface area contributed by atoms with Crippen LogP contribution in [0.4, 0.5) is 0 Å². The molecule has 4 fully saturated rings. The Hall–Kier alpha value is -0.580. The van der Waals surface area contributed by atoms with Gasteiger partial charge in [0.25, 0.3) is 0 Å².